The molecule has 122 valence electrons. The fraction of sp³-hybridized carbons (Fsp3) is 0.938. The number of fused-ring (bicyclic) bond motifs is 2. The minimum Gasteiger partial charge on any atom is -0.383 e. The zero-order chi connectivity index (χ0) is 14.0. The van der Waals surface area contributed by atoms with Gasteiger partial charge in [-0.15, -0.1) is 12.4 Å². The van der Waals surface area contributed by atoms with E-state index in [2.05, 4.69) is 10.6 Å². The minimum absolute atomic E-state index is 0. The van der Waals surface area contributed by atoms with Crippen molar-refractivity contribution in [3.05, 3.63) is 0 Å². The van der Waals surface area contributed by atoms with Crippen molar-refractivity contribution in [1.29, 1.82) is 0 Å². The van der Waals surface area contributed by atoms with Crippen LogP contribution < -0.4 is 10.6 Å². The van der Waals surface area contributed by atoms with Gasteiger partial charge in [-0.3, -0.25) is 4.79 Å². The normalized spacial score (nSPS) is 37.5. The fourth-order valence-corrected chi connectivity index (χ4v) is 4.67. The maximum absolute atomic E-state index is 12.2. The Morgan fingerprint density at radius 3 is 2.81 bits per heavy atom. The third-order valence-electron chi connectivity index (χ3n) is 5.71. The standard InChI is InChI=1S/C16H28N2O2.ClH/c1-20-11-16(5-2-6-18-16)10-17-15(19)9-14-8-12-3-4-13(14)7-12;/h12-14,18H,2-11H2,1H3,(H,17,19);1H. The van der Waals surface area contributed by atoms with E-state index in [9.17, 15) is 4.79 Å². The van der Waals surface area contributed by atoms with Crippen molar-refractivity contribution in [2.45, 2.75) is 50.5 Å². The quantitative estimate of drug-likeness (QED) is 0.789. The number of carbonyl (C=O) groups excluding carboxylic acids is 1. The number of amides is 1. The SMILES string of the molecule is COCC1(CNC(=O)CC2CC3CCC2C3)CCCN1.Cl. The molecule has 2 saturated carbocycles. The first kappa shape index (κ1) is 17.0. The van der Waals surface area contributed by atoms with Crippen LogP contribution >= 0.6 is 12.4 Å². The van der Waals surface area contributed by atoms with Crippen LogP contribution in [0.3, 0.4) is 0 Å². The molecule has 3 fully saturated rings. The van der Waals surface area contributed by atoms with Gasteiger partial charge >= 0.3 is 0 Å². The number of hydrogen-bond acceptors (Lipinski definition) is 3. The summed E-state index contributed by atoms with van der Waals surface area (Å²) in [6, 6.07) is 0. The van der Waals surface area contributed by atoms with Crippen molar-refractivity contribution in [3.63, 3.8) is 0 Å². The lowest BCUT2D eigenvalue weighted by molar-refractivity contribution is -0.122. The van der Waals surface area contributed by atoms with Gasteiger partial charge in [0.2, 0.25) is 5.91 Å². The molecule has 0 spiro atoms. The Bertz CT molecular complexity index is 358. The lowest BCUT2D eigenvalue weighted by Crippen LogP contribution is -2.53. The average molecular weight is 317 g/mol. The highest BCUT2D eigenvalue weighted by atomic mass is 35.5. The molecule has 0 radical (unpaired) electrons. The van der Waals surface area contributed by atoms with Crippen LogP contribution in [0.5, 0.6) is 0 Å². The average Bonchev–Trinajstić information content (AvgIpc) is 3.13. The van der Waals surface area contributed by atoms with Gasteiger partial charge in [-0.25, -0.2) is 0 Å². The van der Waals surface area contributed by atoms with Gasteiger partial charge in [0.05, 0.1) is 12.1 Å². The van der Waals surface area contributed by atoms with Crippen molar-refractivity contribution in [2.24, 2.45) is 17.8 Å². The van der Waals surface area contributed by atoms with Crippen LogP contribution in [0.25, 0.3) is 0 Å². The number of rotatable bonds is 6. The van der Waals surface area contributed by atoms with E-state index in [-0.39, 0.29) is 23.9 Å². The first-order valence-electron chi connectivity index (χ1n) is 8.21. The number of nitrogens with one attached hydrogen (secondary N) is 2. The summed E-state index contributed by atoms with van der Waals surface area (Å²) in [5, 5.41) is 6.66. The van der Waals surface area contributed by atoms with E-state index in [1.807, 2.05) is 0 Å². The first-order valence-corrected chi connectivity index (χ1v) is 8.21. The second kappa shape index (κ2) is 7.30. The van der Waals surface area contributed by atoms with Crippen LogP contribution in [0.4, 0.5) is 0 Å². The summed E-state index contributed by atoms with van der Waals surface area (Å²) in [6.07, 6.45) is 8.44. The van der Waals surface area contributed by atoms with E-state index in [1.165, 1.54) is 32.1 Å². The molecule has 0 aromatic heterocycles. The Labute approximate surface area is 134 Å². The molecule has 4 nitrogen and oxygen atoms in total. The third-order valence-corrected chi connectivity index (χ3v) is 5.71. The second-order valence-electron chi connectivity index (χ2n) is 7.16. The Morgan fingerprint density at radius 2 is 2.24 bits per heavy atom. The van der Waals surface area contributed by atoms with Gasteiger partial charge in [0.15, 0.2) is 0 Å². The topological polar surface area (TPSA) is 50.4 Å². The van der Waals surface area contributed by atoms with Crippen LogP contribution in [0.2, 0.25) is 0 Å². The van der Waals surface area contributed by atoms with Crippen LogP contribution in [0.1, 0.15) is 44.9 Å². The van der Waals surface area contributed by atoms with Crippen molar-refractivity contribution in [1.82, 2.24) is 10.6 Å². The number of methoxy groups -OCH3 is 1. The molecule has 5 heteroatoms. The number of carbonyl (C=O) groups is 1. The van der Waals surface area contributed by atoms with Crippen LogP contribution in [-0.2, 0) is 9.53 Å². The van der Waals surface area contributed by atoms with Gasteiger partial charge in [0.25, 0.3) is 0 Å². The highest BCUT2D eigenvalue weighted by Gasteiger charge is 2.40. The van der Waals surface area contributed by atoms with Gasteiger partial charge in [-0.2, -0.15) is 0 Å². The molecule has 2 N–H and O–H groups in total. The Kier molecular flexibility index (Phi) is 5.92. The summed E-state index contributed by atoms with van der Waals surface area (Å²) in [4.78, 5) is 12.2. The first-order chi connectivity index (χ1) is 9.71. The van der Waals surface area contributed by atoms with Crippen LogP contribution in [-0.4, -0.2) is 38.3 Å². The number of ether oxygens (including phenoxy) is 1. The zero-order valence-corrected chi connectivity index (χ0v) is 13.8. The Balaban J connectivity index is 0.00000161. The summed E-state index contributed by atoms with van der Waals surface area (Å²) in [6.45, 7) is 2.42. The molecule has 0 aromatic rings. The lowest BCUT2D eigenvalue weighted by Gasteiger charge is -2.29. The molecule has 3 aliphatic rings. The molecular weight excluding hydrogens is 288 g/mol. The van der Waals surface area contributed by atoms with Gasteiger partial charge in [0, 0.05) is 20.1 Å². The molecule has 21 heavy (non-hydrogen) atoms. The van der Waals surface area contributed by atoms with Gasteiger partial charge < -0.3 is 15.4 Å². The minimum atomic E-state index is -0.0287. The van der Waals surface area contributed by atoms with Crippen molar-refractivity contribution in [2.75, 3.05) is 26.8 Å². The Morgan fingerprint density at radius 1 is 1.38 bits per heavy atom. The van der Waals surface area contributed by atoms with Crippen molar-refractivity contribution in [3.8, 4) is 0 Å². The fourth-order valence-electron chi connectivity index (χ4n) is 4.67. The molecule has 1 aliphatic heterocycles. The number of hydrogen-bond donors (Lipinski definition) is 2. The smallest absolute Gasteiger partial charge is 0.220 e. The van der Waals surface area contributed by atoms with E-state index >= 15 is 0 Å². The largest absolute Gasteiger partial charge is 0.383 e. The molecule has 2 bridgehead atoms. The zero-order valence-electron chi connectivity index (χ0n) is 13.0. The highest BCUT2D eigenvalue weighted by Crippen LogP contribution is 2.49. The van der Waals surface area contributed by atoms with E-state index in [0.717, 1.165) is 31.2 Å². The second-order valence-corrected chi connectivity index (χ2v) is 7.16. The van der Waals surface area contributed by atoms with Gasteiger partial charge in [-0.05, 0) is 56.4 Å². The molecule has 1 heterocycles. The highest BCUT2D eigenvalue weighted by molar-refractivity contribution is 5.85. The third kappa shape index (κ3) is 3.91. The van der Waals surface area contributed by atoms with Crippen LogP contribution in [0, 0.1) is 17.8 Å². The molecule has 1 amide bonds. The predicted octanol–water partition coefficient (Wildman–Crippen LogP) is 2.12. The number of halogens is 1. The van der Waals surface area contributed by atoms with Gasteiger partial charge in [-0.1, -0.05) is 6.42 Å². The maximum atomic E-state index is 12.2. The summed E-state index contributed by atoms with van der Waals surface area (Å²) >= 11 is 0. The van der Waals surface area contributed by atoms with E-state index in [4.69, 9.17) is 4.74 Å². The van der Waals surface area contributed by atoms with E-state index in [1.54, 1.807) is 7.11 Å². The van der Waals surface area contributed by atoms with E-state index in [0.29, 0.717) is 19.1 Å². The summed E-state index contributed by atoms with van der Waals surface area (Å²) in [7, 11) is 1.73. The van der Waals surface area contributed by atoms with Crippen LogP contribution in [0.15, 0.2) is 0 Å². The van der Waals surface area contributed by atoms with Crippen molar-refractivity contribution < 1.29 is 9.53 Å². The molecule has 3 rings (SSSR count). The Hall–Kier alpha value is -0.320. The molecule has 4 atom stereocenters. The molecule has 1 saturated heterocycles. The summed E-state index contributed by atoms with van der Waals surface area (Å²) in [5.74, 6) is 2.66. The van der Waals surface area contributed by atoms with E-state index < -0.39 is 0 Å². The van der Waals surface area contributed by atoms with Gasteiger partial charge in [0.1, 0.15) is 0 Å². The lowest BCUT2D eigenvalue weighted by atomic mass is 9.86. The predicted molar refractivity (Wildman–Crippen MR) is 85.7 cm³/mol. The maximum Gasteiger partial charge on any atom is 0.220 e. The summed E-state index contributed by atoms with van der Waals surface area (Å²) < 4.78 is 5.32. The molecule has 0 aromatic carbocycles. The monoisotopic (exact) mass is 316 g/mol. The molecule has 4 unspecified atom stereocenters. The molecular formula is C16H29ClN2O2. The summed E-state index contributed by atoms with van der Waals surface area (Å²) in [5.41, 5.74) is -0.0287. The molecule has 2 aliphatic carbocycles. The van der Waals surface area contributed by atoms with Crippen molar-refractivity contribution >= 4 is 18.3 Å².